The number of halogens is 1. The van der Waals surface area contributed by atoms with Crippen LogP contribution in [0.15, 0.2) is 22.7 Å². The van der Waals surface area contributed by atoms with Crippen molar-refractivity contribution >= 4 is 22.0 Å². The lowest BCUT2D eigenvalue weighted by molar-refractivity contribution is 0.0523. The first kappa shape index (κ1) is 14.4. The van der Waals surface area contributed by atoms with E-state index in [9.17, 15) is 4.79 Å². The van der Waals surface area contributed by atoms with Crippen molar-refractivity contribution in [2.75, 3.05) is 0 Å². The van der Waals surface area contributed by atoms with Crippen LogP contribution in [-0.2, 0) is 4.74 Å². The third-order valence-electron chi connectivity index (χ3n) is 3.05. The van der Waals surface area contributed by atoms with Crippen molar-refractivity contribution in [3.05, 3.63) is 33.8 Å². The summed E-state index contributed by atoms with van der Waals surface area (Å²) in [5, 5.41) is 2.92. The number of hydrogen-bond donors (Lipinski definition) is 1. The monoisotopic (exact) mass is 325 g/mol. The number of ether oxygens (including phenoxy) is 1. The summed E-state index contributed by atoms with van der Waals surface area (Å²) >= 11 is 3.59. The topological polar surface area (TPSA) is 38.3 Å². The molecular formula is C15H20BrNO2. The van der Waals surface area contributed by atoms with Gasteiger partial charge >= 0.3 is 6.09 Å². The molecule has 1 amide bonds. The SMILES string of the molecule is Cc1ccc([C@@H]2C[C@H]2NC(=O)OC(C)(C)C)c(Br)c1. The summed E-state index contributed by atoms with van der Waals surface area (Å²) < 4.78 is 6.38. The zero-order valence-electron chi connectivity index (χ0n) is 11.8. The van der Waals surface area contributed by atoms with Gasteiger partial charge < -0.3 is 10.1 Å². The van der Waals surface area contributed by atoms with E-state index in [1.165, 1.54) is 11.1 Å². The molecule has 0 spiro atoms. The van der Waals surface area contributed by atoms with E-state index in [0.717, 1.165) is 10.9 Å². The Labute approximate surface area is 122 Å². The predicted octanol–water partition coefficient (Wildman–Crippen LogP) is 4.14. The largest absolute Gasteiger partial charge is 0.444 e. The van der Waals surface area contributed by atoms with Crippen molar-refractivity contribution in [3.63, 3.8) is 0 Å². The van der Waals surface area contributed by atoms with E-state index in [1.807, 2.05) is 20.8 Å². The highest BCUT2D eigenvalue weighted by Gasteiger charge is 2.41. The van der Waals surface area contributed by atoms with Crippen LogP contribution in [-0.4, -0.2) is 17.7 Å². The second-order valence-electron chi connectivity index (χ2n) is 6.12. The molecule has 1 aliphatic rings. The Morgan fingerprint density at radius 3 is 2.68 bits per heavy atom. The van der Waals surface area contributed by atoms with Gasteiger partial charge in [0.25, 0.3) is 0 Å². The number of benzene rings is 1. The summed E-state index contributed by atoms with van der Waals surface area (Å²) in [5.74, 6) is 0.391. The quantitative estimate of drug-likeness (QED) is 0.887. The van der Waals surface area contributed by atoms with Crippen LogP contribution < -0.4 is 5.32 Å². The van der Waals surface area contributed by atoms with Gasteiger partial charge in [-0.05, 0) is 51.3 Å². The Morgan fingerprint density at radius 2 is 2.11 bits per heavy atom. The number of aryl methyl sites for hydroxylation is 1. The lowest BCUT2D eigenvalue weighted by Gasteiger charge is -2.19. The van der Waals surface area contributed by atoms with Crippen LogP contribution >= 0.6 is 15.9 Å². The molecule has 1 aromatic carbocycles. The molecule has 104 valence electrons. The number of carbonyl (C=O) groups excluding carboxylic acids is 1. The molecule has 0 aromatic heterocycles. The van der Waals surface area contributed by atoms with Crippen molar-refractivity contribution in [2.24, 2.45) is 0 Å². The maximum Gasteiger partial charge on any atom is 0.407 e. The van der Waals surface area contributed by atoms with E-state index in [0.29, 0.717) is 5.92 Å². The third kappa shape index (κ3) is 3.96. The molecule has 0 bridgehead atoms. The van der Waals surface area contributed by atoms with Gasteiger partial charge in [-0.3, -0.25) is 0 Å². The predicted molar refractivity (Wildman–Crippen MR) is 79.4 cm³/mol. The summed E-state index contributed by atoms with van der Waals surface area (Å²) in [5.41, 5.74) is 2.04. The molecule has 3 nitrogen and oxygen atoms in total. The molecule has 1 aliphatic carbocycles. The van der Waals surface area contributed by atoms with Crippen molar-refractivity contribution < 1.29 is 9.53 Å². The second kappa shape index (κ2) is 5.16. The van der Waals surface area contributed by atoms with Gasteiger partial charge in [0.15, 0.2) is 0 Å². The number of alkyl carbamates (subject to hydrolysis) is 1. The van der Waals surface area contributed by atoms with Gasteiger partial charge in [0.05, 0.1) is 0 Å². The zero-order valence-corrected chi connectivity index (χ0v) is 13.4. The maximum atomic E-state index is 11.7. The van der Waals surface area contributed by atoms with Gasteiger partial charge in [-0.15, -0.1) is 0 Å². The van der Waals surface area contributed by atoms with E-state index in [1.54, 1.807) is 0 Å². The normalized spacial score (nSPS) is 21.9. The fourth-order valence-corrected chi connectivity index (χ4v) is 2.88. The van der Waals surface area contributed by atoms with Crippen molar-refractivity contribution in [1.29, 1.82) is 0 Å². The molecule has 1 N–H and O–H groups in total. The number of carbonyl (C=O) groups is 1. The molecule has 2 rings (SSSR count). The van der Waals surface area contributed by atoms with Crippen molar-refractivity contribution in [1.82, 2.24) is 5.32 Å². The van der Waals surface area contributed by atoms with Crippen molar-refractivity contribution in [3.8, 4) is 0 Å². The van der Waals surface area contributed by atoms with Crippen LogP contribution in [0.3, 0.4) is 0 Å². The summed E-state index contributed by atoms with van der Waals surface area (Å²) in [6, 6.07) is 6.52. The molecule has 0 heterocycles. The standard InChI is InChI=1S/C15H20BrNO2/c1-9-5-6-10(12(16)7-9)11-8-13(11)17-14(18)19-15(2,3)4/h5-7,11,13H,8H2,1-4H3,(H,17,18)/t11-,13+/m0/s1. The minimum absolute atomic E-state index is 0.189. The zero-order chi connectivity index (χ0) is 14.2. The Balaban J connectivity index is 1.92. The highest BCUT2D eigenvalue weighted by molar-refractivity contribution is 9.10. The van der Waals surface area contributed by atoms with E-state index in [2.05, 4.69) is 46.4 Å². The fourth-order valence-electron chi connectivity index (χ4n) is 2.09. The molecule has 0 saturated heterocycles. The smallest absolute Gasteiger partial charge is 0.407 e. The Bertz CT molecular complexity index is 493. The molecule has 1 saturated carbocycles. The van der Waals surface area contributed by atoms with Gasteiger partial charge in [0, 0.05) is 16.4 Å². The van der Waals surface area contributed by atoms with Crippen LogP contribution in [0.2, 0.25) is 0 Å². The van der Waals surface area contributed by atoms with Gasteiger partial charge in [-0.1, -0.05) is 28.1 Å². The van der Waals surface area contributed by atoms with Gasteiger partial charge in [0.1, 0.15) is 5.60 Å². The minimum atomic E-state index is -0.446. The first-order valence-corrected chi connectivity index (χ1v) is 7.31. The average molecular weight is 326 g/mol. The highest BCUT2D eigenvalue weighted by atomic mass is 79.9. The molecule has 0 aliphatic heterocycles. The summed E-state index contributed by atoms with van der Waals surface area (Å²) in [6.07, 6.45) is 0.643. The Kier molecular flexibility index (Phi) is 3.90. The van der Waals surface area contributed by atoms with E-state index in [-0.39, 0.29) is 12.1 Å². The molecule has 1 fully saturated rings. The second-order valence-corrected chi connectivity index (χ2v) is 6.97. The molecule has 4 heteroatoms. The average Bonchev–Trinajstić information content (AvgIpc) is 2.93. The van der Waals surface area contributed by atoms with Gasteiger partial charge in [0.2, 0.25) is 0 Å². The van der Waals surface area contributed by atoms with E-state index < -0.39 is 5.60 Å². The fraction of sp³-hybridized carbons (Fsp3) is 0.533. The number of amides is 1. The number of rotatable bonds is 2. The van der Waals surface area contributed by atoms with E-state index >= 15 is 0 Å². The molecule has 0 radical (unpaired) electrons. The van der Waals surface area contributed by atoms with Crippen LogP contribution in [0, 0.1) is 6.92 Å². The molecule has 1 aromatic rings. The van der Waals surface area contributed by atoms with Crippen LogP contribution in [0.25, 0.3) is 0 Å². The Hall–Kier alpha value is -1.03. The summed E-state index contributed by atoms with van der Waals surface area (Å²) in [6.45, 7) is 7.67. The van der Waals surface area contributed by atoms with Crippen LogP contribution in [0.1, 0.15) is 44.2 Å². The number of hydrogen-bond acceptors (Lipinski definition) is 2. The Morgan fingerprint density at radius 1 is 1.42 bits per heavy atom. The van der Waals surface area contributed by atoms with Crippen LogP contribution in [0.5, 0.6) is 0 Å². The molecular weight excluding hydrogens is 306 g/mol. The van der Waals surface area contributed by atoms with Crippen molar-refractivity contribution in [2.45, 2.75) is 51.7 Å². The van der Waals surface area contributed by atoms with E-state index in [4.69, 9.17) is 4.74 Å². The first-order chi connectivity index (χ1) is 8.76. The summed E-state index contributed by atoms with van der Waals surface area (Å²) in [4.78, 5) is 11.7. The lowest BCUT2D eigenvalue weighted by Crippen LogP contribution is -2.34. The molecule has 19 heavy (non-hydrogen) atoms. The first-order valence-electron chi connectivity index (χ1n) is 6.52. The molecule has 0 unspecified atom stereocenters. The van der Waals surface area contributed by atoms with Crippen LogP contribution in [0.4, 0.5) is 4.79 Å². The maximum absolute atomic E-state index is 11.7. The number of nitrogens with one attached hydrogen (secondary N) is 1. The van der Waals surface area contributed by atoms with Gasteiger partial charge in [-0.2, -0.15) is 0 Å². The lowest BCUT2D eigenvalue weighted by atomic mass is 10.1. The summed E-state index contributed by atoms with van der Waals surface area (Å²) in [7, 11) is 0. The third-order valence-corrected chi connectivity index (χ3v) is 3.73. The van der Waals surface area contributed by atoms with Gasteiger partial charge in [-0.25, -0.2) is 4.79 Å². The molecule has 2 atom stereocenters. The minimum Gasteiger partial charge on any atom is -0.444 e. The highest BCUT2D eigenvalue weighted by Crippen LogP contribution is 2.44.